The summed E-state index contributed by atoms with van der Waals surface area (Å²) in [5, 5.41) is 12.9. The molecular weight excluding hydrogens is 456 g/mol. The third-order valence-corrected chi connectivity index (χ3v) is 8.01. The Morgan fingerprint density at radius 1 is 0.263 bits per heavy atom. The molecule has 38 heavy (non-hydrogen) atoms. The van der Waals surface area contributed by atoms with Gasteiger partial charge in [-0.05, 0) is 88.2 Å². The van der Waals surface area contributed by atoms with Crippen molar-refractivity contribution in [2.24, 2.45) is 0 Å². The zero-order valence-electron chi connectivity index (χ0n) is 20.9. The molecule has 0 aliphatic carbocycles. The molecule has 8 rings (SSSR count). The van der Waals surface area contributed by atoms with E-state index in [4.69, 9.17) is 0 Å². The Morgan fingerprint density at radius 2 is 0.789 bits per heavy atom. The lowest BCUT2D eigenvalue weighted by Gasteiger charge is -2.19. The van der Waals surface area contributed by atoms with Crippen LogP contribution in [0.4, 0.5) is 0 Å². The van der Waals surface area contributed by atoms with Gasteiger partial charge in [0.1, 0.15) is 0 Å². The average Bonchev–Trinajstić information content (AvgIpc) is 2.99. The molecule has 0 nitrogen and oxygen atoms in total. The zero-order valence-corrected chi connectivity index (χ0v) is 20.9. The Bertz CT molecular complexity index is 2110. The van der Waals surface area contributed by atoms with Gasteiger partial charge in [0.2, 0.25) is 0 Å². The van der Waals surface area contributed by atoms with Crippen LogP contribution in [0.1, 0.15) is 0 Å². The molecule has 0 heterocycles. The summed E-state index contributed by atoms with van der Waals surface area (Å²) in [6.45, 7) is 0. The number of rotatable bonds is 2. The number of benzene rings is 8. The molecular formula is C38H24. The lowest BCUT2D eigenvalue weighted by Crippen LogP contribution is -1.91. The molecule has 0 amide bonds. The molecule has 176 valence electrons. The minimum atomic E-state index is 1.25. The molecule has 0 atom stereocenters. The third kappa shape index (κ3) is 3.11. The van der Waals surface area contributed by atoms with E-state index in [0.29, 0.717) is 0 Å². The van der Waals surface area contributed by atoms with E-state index in [0.717, 1.165) is 0 Å². The van der Waals surface area contributed by atoms with E-state index in [2.05, 4.69) is 146 Å². The Hall–Kier alpha value is -4.94. The van der Waals surface area contributed by atoms with Crippen molar-refractivity contribution in [2.75, 3.05) is 0 Å². The monoisotopic (exact) mass is 480 g/mol. The first-order valence-corrected chi connectivity index (χ1v) is 13.2. The van der Waals surface area contributed by atoms with Crippen molar-refractivity contribution in [2.45, 2.75) is 0 Å². The summed E-state index contributed by atoms with van der Waals surface area (Å²) >= 11 is 0. The van der Waals surface area contributed by atoms with E-state index < -0.39 is 0 Å². The summed E-state index contributed by atoms with van der Waals surface area (Å²) in [6, 6.07) is 53.3. The van der Waals surface area contributed by atoms with Crippen LogP contribution in [0.5, 0.6) is 0 Å². The van der Waals surface area contributed by atoms with Crippen LogP contribution in [0.3, 0.4) is 0 Å². The molecule has 8 aromatic carbocycles. The first-order chi connectivity index (χ1) is 18.9. The maximum atomic E-state index is 2.41. The summed E-state index contributed by atoms with van der Waals surface area (Å²) < 4.78 is 0. The van der Waals surface area contributed by atoms with Crippen molar-refractivity contribution in [3.05, 3.63) is 146 Å². The van der Waals surface area contributed by atoms with Crippen LogP contribution in [-0.2, 0) is 0 Å². The normalized spacial score (nSPS) is 11.7. The quantitative estimate of drug-likeness (QED) is 0.170. The Morgan fingerprint density at radius 3 is 1.50 bits per heavy atom. The number of hydrogen-bond acceptors (Lipinski definition) is 0. The van der Waals surface area contributed by atoms with Crippen LogP contribution in [0, 0.1) is 0 Å². The molecule has 0 aliphatic rings. The van der Waals surface area contributed by atoms with Crippen molar-refractivity contribution in [1.82, 2.24) is 0 Å². The van der Waals surface area contributed by atoms with Gasteiger partial charge in [-0.2, -0.15) is 0 Å². The summed E-state index contributed by atoms with van der Waals surface area (Å²) in [6.07, 6.45) is 0. The summed E-state index contributed by atoms with van der Waals surface area (Å²) in [4.78, 5) is 0. The van der Waals surface area contributed by atoms with Crippen LogP contribution >= 0.6 is 0 Å². The molecule has 0 bridgehead atoms. The van der Waals surface area contributed by atoms with Gasteiger partial charge in [-0.15, -0.1) is 0 Å². The van der Waals surface area contributed by atoms with E-state index in [1.54, 1.807) is 0 Å². The lowest BCUT2D eigenvalue weighted by atomic mass is 9.84. The van der Waals surface area contributed by atoms with E-state index in [-0.39, 0.29) is 0 Å². The van der Waals surface area contributed by atoms with Crippen LogP contribution < -0.4 is 0 Å². The highest BCUT2D eigenvalue weighted by Gasteiger charge is 2.18. The van der Waals surface area contributed by atoms with Gasteiger partial charge in [0.15, 0.2) is 0 Å². The molecule has 0 saturated carbocycles. The zero-order chi connectivity index (χ0) is 25.1. The van der Waals surface area contributed by atoms with Gasteiger partial charge in [0.25, 0.3) is 0 Å². The molecule has 0 aliphatic heterocycles. The molecule has 0 N–H and O–H groups in total. The second-order valence-electron chi connectivity index (χ2n) is 10.1. The van der Waals surface area contributed by atoms with Gasteiger partial charge in [0, 0.05) is 0 Å². The smallest absolute Gasteiger partial charge is 0.00201 e. The molecule has 0 unspecified atom stereocenters. The molecule has 0 radical (unpaired) electrons. The maximum absolute atomic E-state index is 2.41. The fraction of sp³-hybridized carbons (Fsp3) is 0. The largest absolute Gasteiger partial charge is 0.0622 e. The van der Waals surface area contributed by atoms with Crippen molar-refractivity contribution in [3.63, 3.8) is 0 Å². The highest BCUT2D eigenvalue weighted by molar-refractivity contribution is 6.24. The van der Waals surface area contributed by atoms with Crippen LogP contribution in [0.2, 0.25) is 0 Å². The molecule has 0 aromatic heterocycles. The fourth-order valence-electron chi connectivity index (χ4n) is 6.33. The lowest BCUT2D eigenvalue weighted by molar-refractivity contribution is 1.66. The van der Waals surface area contributed by atoms with Crippen LogP contribution in [0.15, 0.2) is 146 Å². The predicted molar refractivity (Wildman–Crippen MR) is 165 cm³/mol. The minimum Gasteiger partial charge on any atom is -0.0622 e. The Labute approximate surface area is 221 Å². The summed E-state index contributed by atoms with van der Waals surface area (Å²) in [5.41, 5.74) is 5.14. The van der Waals surface area contributed by atoms with Crippen molar-refractivity contribution in [1.29, 1.82) is 0 Å². The van der Waals surface area contributed by atoms with E-state index >= 15 is 0 Å². The SMILES string of the molecule is c1ccc(-c2c3ccccc3c(-c3cccc4cc5ccc6ccccc6c5cc34)c3ccccc23)cc1. The Balaban J connectivity index is 1.55. The van der Waals surface area contributed by atoms with Gasteiger partial charge >= 0.3 is 0 Å². The molecule has 0 saturated heterocycles. The van der Waals surface area contributed by atoms with E-state index in [1.807, 2.05) is 0 Å². The second-order valence-corrected chi connectivity index (χ2v) is 10.1. The van der Waals surface area contributed by atoms with Gasteiger partial charge in [-0.3, -0.25) is 0 Å². The van der Waals surface area contributed by atoms with Crippen LogP contribution in [0.25, 0.3) is 76.1 Å². The van der Waals surface area contributed by atoms with Crippen molar-refractivity contribution >= 4 is 53.9 Å². The topological polar surface area (TPSA) is 0 Å². The summed E-state index contributed by atoms with van der Waals surface area (Å²) in [5.74, 6) is 0. The molecule has 0 spiro atoms. The standard InChI is InChI=1S/C38H24/c1-2-12-26(13-3-1)37-30-16-6-8-18-32(30)38(33-19-9-7-17-31(33)37)34-20-10-14-27-23-28-22-21-25-11-4-5-15-29(25)35(28)24-36(27)34/h1-24H. The van der Waals surface area contributed by atoms with Crippen molar-refractivity contribution in [3.8, 4) is 22.3 Å². The average molecular weight is 481 g/mol. The predicted octanol–water partition coefficient (Wildman–Crippen LogP) is 10.8. The van der Waals surface area contributed by atoms with Gasteiger partial charge in [-0.1, -0.05) is 133 Å². The highest BCUT2D eigenvalue weighted by Crippen LogP contribution is 2.45. The fourth-order valence-corrected chi connectivity index (χ4v) is 6.33. The first-order valence-electron chi connectivity index (χ1n) is 13.2. The highest BCUT2D eigenvalue weighted by atomic mass is 14.2. The van der Waals surface area contributed by atoms with Gasteiger partial charge < -0.3 is 0 Å². The van der Waals surface area contributed by atoms with E-state index in [1.165, 1.54) is 76.1 Å². The summed E-state index contributed by atoms with van der Waals surface area (Å²) in [7, 11) is 0. The van der Waals surface area contributed by atoms with Crippen LogP contribution in [-0.4, -0.2) is 0 Å². The first kappa shape index (κ1) is 21.2. The molecule has 0 heteroatoms. The van der Waals surface area contributed by atoms with E-state index in [9.17, 15) is 0 Å². The van der Waals surface area contributed by atoms with Crippen molar-refractivity contribution < 1.29 is 0 Å². The molecule has 8 aromatic rings. The number of hydrogen-bond donors (Lipinski definition) is 0. The van der Waals surface area contributed by atoms with Gasteiger partial charge in [0.05, 0.1) is 0 Å². The second kappa shape index (κ2) is 8.30. The third-order valence-electron chi connectivity index (χ3n) is 8.01. The molecule has 0 fully saturated rings. The number of fused-ring (bicyclic) bond motifs is 6. The Kier molecular flexibility index (Phi) is 4.62. The van der Waals surface area contributed by atoms with Gasteiger partial charge in [-0.25, -0.2) is 0 Å². The minimum absolute atomic E-state index is 1.25. The maximum Gasteiger partial charge on any atom is -0.00201 e.